The fourth-order valence-electron chi connectivity index (χ4n) is 2.31. The molecule has 8 nitrogen and oxygen atoms in total. The first-order valence-electron chi connectivity index (χ1n) is 7.80. The highest BCUT2D eigenvalue weighted by Crippen LogP contribution is 2.26. The summed E-state index contributed by atoms with van der Waals surface area (Å²) < 4.78 is 0. The number of carbonyl (C=O) groups excluding carboxylic acids is 1. The van der Waals surface area contributed by atoms with Gasteiger partial charge in [0.05, 0.1) is 22.4 Å². The monoisotopic (exact) mass is 382 g/mol. The van der Waals surface area contributed by atoms with Crippen LogP contribution in [-0.2, 0) is 4.79 Å². The van der Waals surface area contributed by atoms with E-state index in [9.17, 15) is 20.0 Å². The van der Waals surface area contributed by atoms with Crippen LogP contribution in [-0.4, -0.2) is 32.9 Å². The number of aromatic hydroxyl groups is 1. The fraction of sp³-hybridized carbons (Fsp3) is 0.0556. The minimum Gasteiger partial charge on any atom is -0.502 e. The summed E-state index contributed by atoms with van der Waals surface area (Å²) in [5.41, 5.74) is 3.15. The van der Waals surface area contributed by atoms with Crippen molar-refractivity contribution in [2.45, 2.75) is 4.90 Å². The number of para-hydroxylation sites is 1. The summed E-state index contributed by atoms with van der Waals surface area (Å²) in [4.78, 5) is 27.3. The highest BCUT2D eigenvalue weighted by molar-refractivity contribution is 8.00. The molecule has 0 radical (unpaired) electrons. The number of nitrogens with one attached hydrogen (secondary N) is 1. The molecule has 0 aliphatic carbocycles. The molecule has 1 amide bonds. The van der Waals surface area contributed by atoms with Gasteiger partial charge in [-0.3, -0.25) is 19.9 Å². The number of rotatable bonds is 6. The van der Waals surface area contributed by atoms with Crippen LogP contribution in [0, 0.1) is 10.1 Å². The van der Waals surface area contributed by atoms with Gasteiger partial charge in [-0.2, -0.15) is 5.10 Å². The number of fused-ring (bicyclic) bond motifs is 1. The number of phenolic OH excluding ortho intramolecular Hbond substituents is 1. The van der Waals surface area contributed by atoms with Crippen molar-refractivity contribution in [3.63, 3.8) is 0 Å². The van der Waals surface area contributed by atoms with Crippen molar-refractivity contribution in [3.8, 4) is 5.75 Å². The predicted molar refractivity (Wildman–Crippen MR) is 103 cm³/mol. The van der Waals surface area contributed by atoms with Gasteiger partial charge in [-0.05, 0) is 24.3 Å². The lowest BCUT2D eigenvalue weighted by Gasteiger charge is -2.04. The van der Waals surface area contributed by atoms with Crippen LogP contribution in [0.25, 0.3) is 10.9 Å². The second kappa shape index (κ2) is 8.28. The third-order valence-corrected chi connectivity index (χ3v) is 4.60. The fourth-order valence-corrected chi connectivity index (χ4v) is 3.15. The molecule has 0 unspecified atom stereocenters. The number of carbonyl (C=O) groups is 1. The van der Waals surface area contributed by atoms with E-state index in [1.807, 2.05) is 30.3 Å². The smallest absolute Gasteiger partial charge is 0.311 e. The molecule has 27 heavy (non-hydrogen) atoms. The van der Waals surface area contributed by atoms with Crippen molar-refractivity contribution in [3.05, 3.63) is 70.4 Å². The number of nitro groups is 1. The third kappa shape index (κ3) is 4.59. The maximum Gasteiger partial charge on any atom is 0.311 e. The molecule has 3 rings (SSSR count). The summed E-state index contributed by atoms with van der Waals surface area (Å²) in [7, 11) is 0. The van der Waals surface area contributed by atoms with E-state index >= 15 is 0 Å². The van der Waals surface area contributed by atoms with Crippen LogP contribution in [0.4, 0.5) is 5.69 Å². The summed E-state index contributed by atoms with van der Waals surface area (Å²) in [6.07, 6.45) is 2.97. The Morgan fingerprint density at radius 1 is 1.30 bits per heavy atom. The van der Waals surface area contributed by atoms with Crippen LogP contribution in [0.3, 0.4) is 0 Å². The first-order chi connectivity index (χ1) is 13.0. The van der Waals surface area contributed by atoms with E-state index in [1.54, 1.807) is 6.20 Å². The topological polar surface area (TPSA) is 118 Å². The Balaban J connectivity index is 1.59. The van der Waals surface area contributed by atoms with Crippen LogP contribution < -0.4 is 5.43 Å². The molecule has 0 atom stereocenters. The molecule has 1 heterocycles. The van der Waals surface area contributed by atoms with Gasteiger partial charge in [0.25, 0.3) is 0 Å². The molecule has 0 saturated heterocycles. The highest BCUT2D eigenvalue weighted by Gasteiger charge is 2.12. The molecule has 2 N–H and O–H groups in total. The first-order valence-corrected chi connectivity index (χ1v) is 8.79. The lowest BCUT2D eigenvalue weighted by atomic mass is 10.2. The van der Waals surface area contributed by atoms with Gasteiger partial charge in [-0.15, -0.1) is 11.8 Å². The van der Waals surface area contributed by atoms with Gasteiger partial charge in [-0.1, -0.05) is 18.2 Å². The minimum atomic E-state index is -0.694. The zero-order valence-corrected chi connectivity index (χ0v) is 14.7. The Labute approximate surface area is 158 Å². The average molecular weight is 382 g/mol. The summed E-state index contributed by atoms with van der Waals surface area (Å²) in [5, 5.41) is 25.0. The summed E-state index contributed by atoms with van der Waals surface area (Å²) >= 11 is 1.34. The molecule has 0 bridgehead atoms. The quantitative estimate of drug-likeness (QED) is 0.293. The molecule has 0 spiro atoms. The Hall–Kier alpha value is -3.46. The molecular formula is C18H14N4O4S. The zero-order valence-electron chi connectivity index (χ0n) is 13.9. The molecule has 2 aromatic carbocycles. The molecule has 0 aliphatic rings. The van der Waals surface area contributed by atoms with Gasteiger partial charge in [0.1, 0.15) is 0 Å². The van der Waals surface area contributed by atoms with E-state index in [0.29, 0.717) is 5.56 Å². The number of aromatic nitrogens is 1. The Morgan fingerprint density at radius 2 is 2.11 bits per heavy atom. The van der Waals surface area contributed by atoms with E-state index < -0.39 is 16.4 Å². The van der Waals surface area contributed by atoms with Crippen molar-refractivity contribution in [1.29, 1.82) is 0 Å². The first kappa shape index (κ1) is 18.3. The van der Waals surface area contributed by atoms with Crippen LogP contribution >= 0.6 is 11.8 Å². The Bertz CT molecular complexity index is 1030. The molecular weight excluding hydrogens is 368 g/mol. The van der Waals surface area contributed by atoms with Crippen LogP contribution in [0.5, 0.6) is 5.75 Å². The number of hydrogen-bond donors (Lipinski definition) is 2. The van der Waals surface area contributed by atoms with E-state index in [-0.39, 0.29) is 11.7 Å². The standard InChI is InChI=1S/C18H14N4O4S/c23-15-7-6-12(9-14(15)22(25)26)10-20-21-17(24)11-27-16-5-1-3-13-4-2-8-19-18(13)16/h1-10,23H,11H2,(H,21,24)/b20-10+. The molecule has 0 aliphatic heterocycles. The van der Waals surface area contributed by atoms with Gasteiger partial charge < -0.3 is 5.11 Å². The van der Waals surface area contributed by atoms with E-state index in [2.05, 4.69) is 15.5 Å². The van der Waals surface area contributed by atoms with Crippen molar-refractivity contribution in [1.82, 2.24) is 10.4 Å². The number of benzene rings is 2. The number of pyridine rings is 1. The van der Waals surface area contributed by atoms with Crippen molar-refractivity contribution in [2.75, 3.05) is 5.75 Å². The van der Waals surface area contributed by atoms with Crippen molar-refractivity contribution >= 4 is 40.5 Å². The lowest BCUT2D eigenvalue weighted by molar-refractivity contribution is -0.385. The van der Waals surface area contributed by atoms with E-state index in [4.69, 9.17) is 0 Å². The Morgan fingerprint density at radius 3 is 2.93 bits per heavy atom. The number of nitrogens with zero attached hydrogens (tertiary/aromatic N) is 3. The van der Waals surface area contributed by atoms with Gasteiger partial charge in [0, 0.05) is 28.1 Å². The van der Waals surface area contributed by atoms with Gasteiger partial charge in [0.15, 0.2) is 5.75 Å². The van der Waals surface area contributed by atoms with Crippen LogP contribution in [0.15, 0.2) is 64.7 Å². The number of hydrazone groups is 1. The highest BCUT2D eigenvalue weighted by atomic mass is 32.2. The second-order valence-corrected chi connectivity index (χ2v) is 6.44. The zero-order chi connectivity index (χ0) is 19.2. The normalized spacial score (nSPS) is 11.0. The summed E-state index contributed by atoms with van der Waals surface area (Å²) in [6.45, 7) is 0. The predicted octanol–water partition coefficient (Wildman–Crippen LogP) is 3.09. The maximum absolute atomic E-state index is 12.0. The van der Waals surface area contributed by atoms with Gasteiger partial charge in [-0.25, -0.2) is 5.43 Å². The summed E-state index contributed by atoms with van der Waals surface area (Å²) in [6, 6.07) is 13.4. The van der Waals surface area contributed by atoms with Crippen molar-refractivity contribution in [2.24, 2.45) is 5.10 Å². The summed E-state index contributed by atoms with van der Waals surface area (Å²) in [5.74, 6) is -0.610. The third-order valence-electron chi connectivity index (χ3n) is 3.55. The van der Waals surface area contributed by atoms with Gasteiger partial charge >= 0.3 is 5.69 Å². The molecule has 9 heteroatoms. The largest absolute Gasteiger partial charge is 0.502 e. The van der Waals surface area contributed by atoms with Gasteiger partial charge in [0.2, 0.25) is 5.91 Å². The lowest BCUT2D eigenvalue weighted by Crippen LogP contribution is -2.19. The second-order valence-electron chi connectivity index (χ2n) is 5.42. The molecule has 0 saturated carbocycles. The van der Waals surface area contributed by atoms with Crippen LogP contribution in [0.1, 0.15) is 5.56 Å². The van der Waals surface area contributed by atoms with E-state index in [1.165, 1.54) is 36.2 Å². The molecule has 1 aromatic heterocycles. The molecule has 136 valence electrons. The number of hydrogen-bond acceptors (Lipinski definition) is 7. The minimum absolute atomic E-state index is 0.142. The number of phenols is 1. The van der Waals surface area contributed by atoms with E-state index in [0.717, 1.165) is 15.8 Å². The Kier molecular flexibility index (Phi) is 5.62. The number of nitro benzene ring substituents is 1. The number of thioether (sulfide) groups is 1. The molecule has 3 aromatic rings. The SMILES string of the molecule is O=C(CSc1cccc2cccnc12)N/N=C/c1ccc(O)c([N+](=O)[O-])c1. The average Bonchev–Trinajstić information content (AvgIpc) is 2.67. The molecule has 0 fully saturated rings. The van der Waals surface area contributed by atoms with Crippen molar-refractivity contribution < 1.29 is 14.8 Å². The number of amides is 1. The maximum atomic E-state index is 12.0. The van der Waals surface area contributed by atoms with Crippen LogP contribution in [0.2, 0.25) is 0 Å².